The molecule has 1 heterocycles. The number of thiazole rings is 1. The van der Waals surface area contributed by atoms with E-state index in [1.165, 1.54) is 30.6 Å². The van der Waals surface area contributed by atoms with Gasteiger partial charge in [-0.25, -0.2) is 9.78 Å². The molecule has 0 aliphatic heterocycles. The number of methoxy groups -OCH3 is 3. The van der Waals surface area contributed by atoms with Crippen molar-refractivity contribution < 1.29 is 28.5 Å². The van der Waals surface area contributed by atoms with Gasteiger partial charge in [-0.3, -0.25) is 0 Å². The van der Waals surface area contributed by atoms with E-state index in [-0.39, 0.29) is 17.2 Å². The van der Waals surface area contributed by atoms with Gasteiger partial charge in [-0.05, 0) is 31.2 Å². The van der Waals surface area contributed by atoms with Crippen LogP contribution in [0.1, 0.15) is 23.0 Å². The summed E-state index contributed by atoms with van der Waals surface area (Å²) >= 11 is 7.65. The van der Waals surface area contributed by atoms with Crippen LogP contribution in [0.4, 0.5) is 0 Å². The van der Waals surface area contributed by atoms with Crippen molar-refractivity contribution in [2.24, 2.45) is 0 Å². The molecule has 3 aromatic rings. The molecule has 7 nitrogen and oxygen atoms in total. The second-order valence-corrected chi connectivity index (χ2v) is 7.45. The molecule has 0 saturated carbocycles. The number of nitrogens with zero attached hydrogens (tertiary/aromatic N) is 1. The number of hydrogen-bond donors (Lipinski definition) is 0. The van der Waals surface area contributed by atoms with Crippen molar-refractivity contribution in [3.05, 3.63) is 52.0 Å². The summed E-state index contributed by atoms with van der Waals surface area (Å²) in [7, 11) is 4.64. The molecule has 0 N–H and O–H groups in total. The predicted octanol–water partition coefficient (Wildman–Crippen LogP) is 5.25. The summed E-state index contributed by atoms with van der Waals surface area (Å²) in [4.78, 5) is 17.1. The average molecular weight is 464 g/mol. The van der Waals surface area contributed by atoms with Crippen molar-refractivity contribution >= 4 is 28.9 Å². The number of carbonyl (C=O) groups excluding carboxylic acids is 1. The molecule has 3 rings (SSSR count). The number of para-hydroxylation sites is 1. The monoisotopic (exact) mass is 463 g/mol. The topological polar surface area (TPSA) is 76.1 Å². The Balaban J connectivity index is 1.74. The summed E-state index contributed by atoms with van der Waals surface area (Å²) in [5.41, 5.74) is 1.67. The fourth-order valence-corrected chi connectivity index (χ4v) is 3.99. The number of rotatable bonds is 9. The van der Waals surface area contributed by atoms with Crippen molar-refractivity contribution in [3.63, 3.8) is 0 Å². The van der Waals surface area contributed by atoms with Crippen molar-refractivity contribution in [3.8, 4) is 33.6 Å². The van der Waals surface area contributed by atoms with E-state index in [2.05, 4.69) is 4.98 Å². The number of ether oxygens (including phenoxy) is 5. The molecule has 0 aliphatic carbocycles. The maximum Gasteiger partial charge on any atom is 0.338 e. The smallest absolute Gasteiger partial charge is 0.338 e. The highest BCUT2D eigenvalue weighted by Gasteiger charge is 2.18. The SMILES string of the molecule is CCOc1c(Cl)cc(C(=O)OCc2csc(-c3cccc(OC)c3OC)n2)cc1OC. The minimum Gasteiger partial charge on any atom is -0.493 e. The third-order valence-corrected chi connectivity index (χ3v) is 5.50. The molecular weight excluding hydrogens is 442 g/mol. The Morgan fingerprint density at radius 2 is 1.84 bits per heavy atom. The second-order valence-electron chi connectivity index (χ2n) is 6.18. The second kappa shape index (κ2) is 10.4. The summed E-state index contributed by atoms with van der Waals surface area (Å²) in [6, 6.07) is 8.59. The van der Waals surface area contributed by atoms with E-state index in [1.807, 2.05) is 30.5 Å². The van der Waals surface area contributed by atoms with Gasteiger partial charge in [0.05, 0.1) is 49.8 Å². The Bertz CT molecular complexity index is 1070. The zero-order valence-corrected chi connectivity index (χ0v) is 19.1. The molecule has 0 fully saturated rings. The normalized spacial score (nSPS) is 10.5. The molecule has 0 saturated heterocycles. The number of carbonyl (C=O) groups is 1. The molecule has 0 spiro atoms. The van der Waals surface area contributed by atoms with Crippen molar-refractivity contribution in [1.82, 2.24) is 4.98 Å². The van der Waals surface area contributed by atoms with E-state index >= 15 is 0 Å². The highest BCUT2D eigenvalue weighted by molar-refractivity contribution is 7.13. The summed E-state index contributed by atoms with van der Waals surface area (Å²) < 4.78 is 27.0. The van der Waals surface area contributed by atoms with Crippen molar-refractivity contribution in [1.29, 1.82) is 0 Å². The van der Waals surface area contributed by atoms with Gasteiger partial charge in [0.2, 0.25) is 0 Å². The van der Waals surface area contributed by atoms with Gasteiger partial charge in [0.15, 0.2) is 23.0 Å². The van der Waals surface area contributed by atoms with E-state index < -0.39 is 5.97 Å². The van der Waals surface area contributed by atoms with E-state index in [0.29, 0.717) is 35.3 Å². The number of halogens is 1. The van der Waals surface area contributed by atoms with Gasteiger partial charge >= 0.3 is 5.97 Å². The molecule has 0 aliphatic rings. The van der Waals surface area contributed by atoms with Gasteiger partial charge in [-0.2, -0.15) is 0 Å². The number of esters is 1. The van der Waals surface area contributed by atoms with Crippen LogP contribution in [0.5, 0.6) is 23.0 Å². The number of aromatic nitrogens is 1. The standard InChI is InChI=1S/C22H22ClNO6S/c1-5-29-20-16(23)9-13(10-18(20)27-3)22(25)30-11-14-12-31-21(24-14)15-7-6-8-17(26-2)19(15)28-4/h6-10,12H,5,11H2,1-4H3. The first-order valence-corrected chi connectivity index (χ1v) is 10.6. The van der Waals surface area contributed by atoms with Gasteiger partial charge in [-0.15, -0.1) is 11.3 Å². The lowest BCUT2D eigenvalue weighted by molar-refractivity contribution is 0.0468. The maximum absolute atomic E-state index is 12.5. The molecule has 9 heteroatoms. The molecular formula is C22H22ClNO6S. The van der Waals surface area contributed by atoms with Crippen LogP contribution in [0, 0.1) is 0 Å². The lowest BCUT2D eigenvalue weighted by Gasteiger charge is -2.12. The molecule has 0 bridgehead atoms. The zero-order chi connectivity index (χ0) is 22.4. The minimum absolute atomic E-state index is 0.00869. The highest BCUT2D eigenvalue weighted by atomic mass is 35.5. The Hall–Kier alpha value is -2.97. The van der Waals surface area contributed by atoms with Gasteiger partial charge in [0, 0.05) is 5.38 Å². The quantitative estimate of drug-likeness (QED) is 0.401. The maximum atomic E-state index is 12.5. The van der Waals surface area contributed by atoms with Crippen LogP contribution < -0.4 is 18.9 Å². The van der Waals surface area contributed by atoms with Gasteiger partial charge in [0.25, 0.3) is 0 Å². The molecule has 164 valence electrons. The fraction of sp³-hybridized carbons (Fsp3) is 0.273. The van der Waals surface area contributed by atoms with Crippen LogP contribution in [0.3, 0.4) is 0 Å². The average Bonchev–Trinajstić information content (AvgIpc) is 3.26. The third kappa shape index (κ3) is 5.03. The largest absolute Gasteiger partial charge is 0.493 e. The van der Waals surface area contributed by atoms with Crippen molar-refractivity contribution in [2.75, 3.05) is 27.9 Å². The fourth-order valence-electron chi connectivity index (χ4n) is 2.90. The van der Waals surface area contributed by atoms with E-state index in [4.69, 9.17) is 35.3 Å². The summed E-state index contributed by atoms with van der Waals surface area (Å²) in [6.45, 7) is 2.26. The molecule has 0 atom stereocenters. The van der Waals surface area contributed by atoms with Gasteiger partial charge in [-0.1, -0.05) is 17.7 Å². The lowest BCUT2D eigenvalue weighted by atomic mass is 10.2. The van der Waals surface area contributed by atoms with Gasteiger partial charge < -0.3 is 23.7 Å². The van der Waals surface area contributed by atoms with E-state index in [9.17, 15) is 4.79 Å². The summed E-state index contributed by atoms with van der Waals surface area (Å²) in [5.74, 6) is 1.42. The van der Waals surface area contributed by atoms with E-state index in [0.717, 1.165) is 10.6 Å². The zero-order valence-electron chi connectivity index (χ0n) is 17.6. The predicted molar refractivity (Wildman–Crippen MR) is 119 cm³/mol. The van der Waals surface area contributed by atoms with Crippen LogP contribution in [0.2, 0.25) is 5.02 Å². The molecule has 1 aromatic heterocycles. The van der Waals surface area contributed by atoms with Gasteiger partial charge in [0.1, 0.15) is 11.6 Å². The van der Waals surface area contributed by atoms with Crippen LogP contribution in [-0.4, -0.2) is 38.9 Å². The van der Waals surface area contributed by atoms with Crippen LogP contribution in [0.25, 0.3) is 10.6 Å². The molecule has 0 amide bonds. The highest BCUT2D eigenvalue weighted by Crippen LogP contribution is 2.39. The number of hydrogen-bond acceptors (Lipinski definition) is 8. The number of benzene rings is 2. The molecule has 31 heavy (non-hydrogen) atoms. The Morgan fingerprint density at radius 1 is 1.06 bits per heavy atom. The molecule has 0 radical (unpaired) electrons. The third-order valence-electron chi connectivity index (χ3n) is 4.29. The van der Waals surface area contributed by atoms with E-state index in [1.54, 1.807) is 14.2 Å². The minimum atomic E-state index is -0.545. The van der Waals surface area contributed by atoms with Crippen LogP contribution >= 0.6 is 22.9 Å². The summed E-state index contributed by atoms with van der Waals surface area (Å²) in [6.07, 6.45) is 0. The first-order valence-electron chi connectivity index (χ1n) is 9.35. The van der Waals surface area contributed by atoms with Crippen molar-refractivity contribution in [2.45, 2.75) is 13.5 Å². The van der Waals surface area contributed by atoms with Crippen LogP contribution in [0.15, 0.2) is 35.7 Å². The van der Waals surface area contributed by atoms with Crippen LogP contribution in [-0.2, 0) is 11.3 Å². The lowest BCUT2D eigenvalue weighted by Crippen LogP contribution is -2.07. The first-order chi connectivity index (χ1) is 15.0. The first kappa shape index (κ1) is 22.7. The summed E-state index contributed by atoms with van der Waals surface area (Å²) in [5, 5.41) is 2.83. The molecule has 0 unspecified atom stereocenters. The molecule has 2 aromatic carbocycles. The Labute approximate surface area is 189 Å². The Morgan fingerprint density at radius 3 is 2.52 bits per heavy atom. The Kier molecular flexibility index (Phi) is 7.59.